The molecule has 0 N–H and O–H groups in total. The van der Waals surface area contributed by atoms with Crippen molar-refractivity contribution in [1.29, 1.82) is 0 Å². The standard InChI is InChI=1S/C9H4Cl2F5NO/c10-4(11)1-17-18-2-3-5(12)7(14)9(16)8(15)6(3)13/h1,4H,2H2/b17-1+. The normalized spacial score (nSPS) is 11.6. The number of halogens is 7. The first-order chi connectivity index (χ1) is 8.36. The molecule has 0 aliphatic heterocycles. The number of nitrogens with zero attached hydrogens (tertiary/aromatic N) is 1. The van der Waals surface area contributed by atoms with Crippen molar-refractivity contribution < 1.29 is 26.8 Å². The first-order valence-electron chi connectivity index (χ1n) is 4.30. The lowest BCUT2D eigenvalue weighted by atomic mass is 10.2. The number of hydrogen-bond donors (Lipinski definition) is 0. The fourth-order valence-electron chi connectivity index (χ4n) is 0.968. The van der Waals surface area contributed by atoms with E-state index in [1.54, 1.807) is 0 Å². The molecule has 0 aliphatic carbocycles. The minimum absolute atomic E-state index is 0.856. The highest BCUT2D eigenvalue weighted by Crippen LogP contribution is 2.23. The molecule has 0 fully saturated rings. The lowest BCUT2D eigenvalue weighted by Gasteiger charge is -2.06. The number of rotatable bonds is 4. The van der Waals surface area contributed by atoms with Crippen LogP contribution in [-0.2, 0) is 11.4 Å². The first-order valence-corrected chi connectivity index (χ1v) is 5.17. The molecule has 0 aromatic heterocycles. The highest BCUT2D eigenvalue weighted by molar-refractivity contribution is 6.51. The van der Waals surface area contributed by atoms with Crippen LogP contribution in [0.5, 0.6) is 0 Å². The van der Waals surface area contributed by atoms with Gasteiger partial charge in [-0.15, -0.1) is 0 Å². The summed E-state index contributed by atoms with van der Waals surface area (Å²) in [6, 6.07) is 0. The van der Waals surface area contributed by atoms with Crippen LogP contribution < -0.4 is 0 Å². The van der Waals surface area contributed by atoms with Crippen LogP contribution in [0, 0.1) is 29.1 Å². The fraction of sp³-hybridized carbons (Fsp3) is 0.222. The second-order valence-electron chi connectivity index (χ2n) is 2.91. The molecule has 0 aliphatic rings. The molecule has 1 aromatic rings. The summed E-state index contributed by atoms with van der Waals surface area (Å²) in [6.45, 7) is -0.956. The van der Waals surface area contributed by atoms with Crippen LogP contribution in [0.2, 0.25) is 0 Å². The molecule has 1 rings (SSSR count). The Morgan fingerprint density at radius 3 is 1.83 bits per heavy atom. The lowest BCUT2D eigenvalue weighted by Crippen LogP contribution is -2.07. The van der Waals surface area contributed by atoms with E-state index in [-0.39, 0.29) is 0 Å². The monoisotopic (exact) mass is 307 g/mol. The highest BCUT2D eigenvalue weighted by atomic mass is 35.5. The summed E-state index contributed by atoms with van der Waals surface area (Å²) in [5.41, 5.74) is -1.13. The summed E-state index contributed by atoms with van der Waals surface area (Å²) in [4.78, 5) is 3.28. The lowest BCUT2D eigenvalue weighted by molar-refractivity contribution is 0.124. The number of hydrogen-bond acceptors (Lipinski definition) is 2. The Morgan fingerprint density at radius 2 is 1.39 bits per heavy atom. The van der Waals surface area contributed by atoms with Gasteiger partial charge in [0.15, 0.2) is 23.3 Å². The van der Waals surface area contributed by atoms with Crippen molar-refractivity contribution in [3.8, 4) is 0 Å². The second-order valence-corrected chi connectivity index (χ2v) is 4.07. The highest BCUT2D eigenvalue weighted by Gasteiger charge is 2.25. The third-order valence-electron chi connectivity index (χ3n) is 1.76. The maximum Gasteiger partial charge on any atom is 0.200 e. The molecule has 0 saturated carbocycles. The Kier molecular flexibility index (Phi) is 5.15. The van der Waals surface area contributed by atoms with Gasteiger partial charge in [0.2, 0.25) is 5.82 Å². The van der Waals surface area contributed by atoms with E-state index in [0.717, 1.165) is 6.21 Å². The Morgan fingerprint density at radius 1 is 0.944 bits per heavy atom. The molecule has 100 valence electrons. The van der Waals surface area contributed by atoms with Crippen LogP contribution in [0.25, 0.3) is 0 Å². The minimum Gasteiger partial charge on any atom is -0.391 e. The zero-order chi connectivity index (χ0) is 13.9. The van der Waals surface area contributed by atoms with Gasteiger partial charge in [-0.1, -0.05) is 28.4 Å². The van der Waals surface area contributed by atoms with E-state index < -0.39 is 46.1 Å². The molecule has 9 heteroatoms. The summed E-state index contributed by atoms with van der Waals surface area (Å²) in [5.74, 6) is -10.3. The van der Waals surface area contributed by atoms with Crippen molar-refractivity contribution in [3.63, 3.8) is 0 Å². The molecule has 0 spiro atoms. The van der Waals surface area contributed by atoms with E-state index in [0.29, 0.717) is 0 Å². The van der Waals surface area contributed by atoms with Crippen LogP contribution in [0.4, 0.5) is 22.0 Å². The van der Waals surface area contributed by atoms with Gasteiger partial charge in [0, 0.05) is 0 Å². The third kappa shape index (κ3) is 3.23. The average Bonchev–Trinajstić information content (AvgIpc) is 2.32. The van der Waals surface area contributed by atoms with E-state index in [1.165, 1.54) is 0 Å². The average molecular weight is 308 g/mol. The van der Waals surface area contributed by atoms with Crippen molar-refractivity contribution in [2.24, 2.45) is 5.16 Å². The maximum atomic E-state index is 13.1. The first kappa shape index (κ1) is 15.0. The van der Waals surface area contributed by atoms with Gasteiger partial charge in [-0.3, -0.25) is 0 Å². The Hall–Kier alpha value is -1.08. The summed E-state index contributed by atoms with van der Waals surface area (Å²) >= 11 is 10.4. The van der Waals surface area contributed by atoms with Gasteiger partial charge in [-0.25, -0.2) is 22.0 Å². The number of alkyl halides is 2. The van der Waals surface area contributed by atoms with Gasteiger partial charge in [0.1, 0.15) is 11.4 Å². The van der Waals surface area contributed by atoms with E-state index in [1.807, 2.05) is 0 Å². The van der Waals surface area contributed by atoms with Gasteiger partial charge in [-0.05, 0) is 0 Å². The molecular formula is C9H4Cl2F5NO. The van der Waals surface area contributed by atoms with E-state index in [2.05, 4.69) is 9.99 Å². The van der Waals surface area contributed by atoms with Crippen LogP contribution in [0.1, 0.15) is 5.56 Å². The summed E-state index contributed by atoms with van der Waals surface area (Å²) in [7, 11) is 0. The predicted molar refractivity (Wildman–Crippen MR) is 55.0 cm³/mol. The van der Waals surface area contributed by atoms with Gasteiger partial charge in [0.25, 0.3) is 0 Å². The number of benzene rings is 1. The Labute approximate surface area is 108 Å². The molecule has 0 amide bonds. The molecule has 0 saturated heterocycles. The zero-order valence-corrected chi connectivity index (χ0v) is 9.87. The van der Waals surface area contributed by atoms with Crippen molar-refractivity contribution >= 4 is 29.4 Å². The van der Waals surface area contributed by atoms with Gasteiger partial charge in [-0.2, -0.15) is 0 Å². The van der Waals surface area contributed by atoms with Crippen molar-refractivity contribution in [1.82, 2.24) is 0 Å². The molecular weight excluding hydrogens is 304 g/mol. The molecule has 0 heterocycles. The minimum atomic E-state index is -2.24. The summed E-state index contributed by atoms with van der Waals surface area (Å²) in [5, 5.41) is 3.07. The van der Waals surface area contributed by atoms with Gasteiger partial charge >= 0.3 is 0 Å². The second kappa shape index (κ2) is 6.19. The van der Waals surface area contributed by atoms with Crippen LogP contribution >= 0.6 is 23.2 Å². The predicted octanol–water partition coefficient (Wildman–Crippen LogP) is 3.69. The van der Waals surface area contributed by atoms with E-state index in [4.69, 9.17) is 23.2 Å². The van der Waals surface area contributed by atoms with Gasteiger partial charge < -0.3 is 4.84 Å². The van der Waals surface area contributed by atoms with E-state index in [9.17, 15) is 22.0 Å². The topological polar surface area (TPSA) is 21.6 Å². The molecule has 2 nitrogen and oxygen atoms in total. The summed E-state index contributed by atoms with van der Waals surface area (Å²) in [6.07, 6.45) is 0.856. The van der Waals surface area contributed by atoms with Crippen molar-refractivity contribution in [2.45, 2.75) is 11.4 Å². The van der Waals surface area contributed by atoms with Crippen molar-refractivity contribution in [3.05, 3.63) is 34.6 Å². The Balaban J connectivity index is 2.96. The zero-order valence-electron chi connectivity index (χ0n) is 8.36. The van der Waals surface area contributed by atoms with Crippen LogP contribution in [0.3, 0.4) is 0 Å². The SMILES string of the molecule is Fc1c(F)c(F)c(CO/N=C/C(Cl)Cl)c(F)c1F. The quantitative estimate of drug-likeness (QED) is 0.208. The summed E-state index contributed by atoms with van der Waals surface area (Å²) < 4.78 is 64.3. The largest absolute Gasteiger partial charge is 0.391 e. The number of oxime groups is 1. The molecule has 1 aromatic carbocycles. The van der Waals surface area contributed by atoms with E-state index >= 15 is 0 Å². The van der Waals surface area contributed by atoms with Crippen molar-refractivity contribution in [2.75, 3.05) is 0 Å². The van der Waals surface area contributed by atoms with Crippen LogP contribution in [0.15, 0.2) is 5.16 Å². The third-order valence-corrected chi connectivity index (χ3v) is 1.98. The van der Waals surface area contributed by atoms with Crippen LogP contribution in [-0.4, -0.2) is 11.1 Å². The fourth-order valence-corrected chi connectivity index (χ4v) is 1.06. The molecule has 18 heavy (non-hydrogen) atoms. The molecule has 0 atom stereocenters. The molecule has 0 radical (unpaired) electrons. The Bertz CT molecular complexity index is 452. The molecule has 0 bridgehead atoms. The maximum absolute atomic E-state index is 13.1. The van der Waals surface area contributed by atoms with Gasteiger partial charge in [0.05, 0.1) is 11.8 Å². The smallest absolute Gasteiger partial charge is 0.200 e. The molecule has 0 unspecified atom stereocenters.